The first-order valence-electron chi connectivity index (χ1n) is 6.46. The molecule has 0 aliphatic heterocycles. The van der Waals surface area contributed by atoms with Gasteiger partial charge in [0.2, 0.25) is 0 Å². The molecule has 2 saturated carbocycles. The molecule has 2 aliphatic carbocycles. The lowest BCUT2D eigenvalue weighted by Gasteiger charge is -2.35. The maximum atomic E-state index is 5.91. The van der Waals surface area contributed by atoms with Crippen molar-refractivity contribution >= 4 is 11.6 Å². The molecule has 2 aliphatic rings. The Hall–Kier alpha value is 0.290. The summed E-state index contributed by atoms with van der Waals surface area (Å²) < 4.78 is 0. The van der Waals surface area contributed by atoms with Crippen LogP contribution >= 0.6 is 11.6 Å². The van der Waals surface area contributed by atoms with E-state index >= 15 is 0 Å². The van der Waals surface area contributed by atoms with Crippen molar-refractivity contribution in [1.29, 1.82) is 0 Å². The minimum Gasteiger partial charge on any atom is -0.126 e. The average molecular weight is 215 g/mol. The fraction of sp³-hybridized carbons (Fsp3) is 1.00. The van der Waals surface area contributed by atoms with E-state index in [9.17, 15) is 0 Å². The Morgan fingerprint density at radius 2 is 1.29 bits per heavy atom. The van der Waals surface area contributed by atoms with Crippen molar-refractivity contribution < 1.29 is 0 Å². The van der Waals surface area contributed by atoms with Crippen LogP contribution in [-0.2, 0) is 0 Å². The Labute approximate surface area is 93.4 Å². The minimum absolute atomic E-state index is 0.844. The molecule has 0 aromatic carbocycles. The molecular formula is C13H23Cl. The normalized spacial score (nSPS) is 35.8. The topological polar surface area (TPSA) is 0 Å². The van der Waals surface area contributed by atoms with Crippen molar-refractivity contribution in [2.45, 2.75) is 57.8 Å². The molecule has 0 unspecified atom stereocenters. The molecule has 0 aromatic heterocycles. The lowest BCUT2D eigenvalue weighted by molar-refractivity contribution is 0.174. The minimum atomic E-state index is 0.844. The second-order valence-corrected chi connectivity index (χ2v) is 5.64. The standard InChI is InChI=1S/C13H23Cl/c14-10-11-6-8-13(9-7-11)12-4-2-1-3-5-12/h11-13H,1-10H2. The van der Waals surface area contributed by atoms with Gasteiger partial charge in [-0.1, -0.05) is 32.1 Å². The SMILES string of the molecule is ClCC1CCC(C2CCCCC2)CC1. The van der Waals surface area contributed by atoms with E-state index in [-0.39, 0.29) is 0 Å². The van der Waals surface area contributed by atoms with E-state index in [4.69, 9.17) is 11.6 Å². The van der Waals surface area contributed by atoms with Crippen LogP contribution < -0.4 is 0 Å². The molecular weight excluding hydrogens is 192 g/mol. The zero-order chi connectivity index (χ0) is 9.80. The van der Waals surface area contributed by atoms with E-state index in [0.29, 0.717) is 0 Å². The highest BCUT2D eigenvalue weighted by atomic mass is 35.5. The van der Waals surface area contributed by atoms with Gasteiger partial charge in [-0.25, -0.2) is 0 Å². The van der Waals surface area contributed by atoms with Crippen molar-refractivity contribution in [2.24, 2.45) is 17.8 Å². The number of alkyl halides is 1. The third-order valence-corrected chi connectivity index (χ3v) is 4.86. The molecule has 14 heavy (non-hydrogen) atoms. The molecule has 0 amide bonds. The summed E-state index contributed by atoms with van der Waals surface area (Å²) >= 11 is 5.91. The maximum Gasteiger partial charge on any atom is 0.0251 e. The van der Waals surface area contributed by atoms with Gasteiger partial charge >= 0.3 is 0 Å². The largest absolute Gasteiger partial charge is 0.126 e. The van der Waals surface area contributed by atoms with Gasteiger partial charge in [0.25, 0.3) is 0 Å². The maximum absolute atomic E-state index is 5.91. The van der Waals surface area contributed by atoms with Crippen molar-refractivity contribution in [3.8, 4) is 0 Å². The average Bonchev–Trinajstić information content (AvgIpc) is 2.30. The third-order valence-electron chi connectivity index (χ3n) is 4.43. The van der Waals surface area contributed by atoms with E-state index in [1.165, 1.54) is 57.8 Å². The lowest BCUT2D eigenvalue weighted by atomic mass is 9.71. The van der Waals surface area contributed by atoms with E-state index in [2.05, 4.69) is 0 Å². The van der Waals surface area contributed by atoms with Gasteiger partial charge in [0, 0.05) is 5.88 Å². The van der Waals surface area contributed by atoms with Crippen LogP contribution in [0.5, 0.6) is 0 Å². The van der Waals surface area contributed by atoms with Gasteiger partial charge in [0.1, 0.15) is 0 Å². The molecule has 0 N–H and O–H groups in total. The monoisotopic (exact) mass is 214 g/mol. The van der Waals surface area contributed by atoms with Gasteiger partial charge in [-0.05, 0) is 43.4 Å². The quantitative estimate of drug-likeness (QED) is 0.589. The van der Waals surface area contributed by atoms with Crippen LogP contribution in [0.2, 0.25) is 0 Å². The second kappa shape index (κ2) is 5.39. The zero-order valence-corrected chi connectivity index (χ0v) is 9.94. The molecule has 1 heteroatoms. The van der Waals surface area contributed by atoms with Crippen LogP contribution in [0.25, 0.3) is 0 Å². The number of hydrogen-bond acceptors (Lipinski definition) is 0. The van der Waals surface area contributed by atoms with Crippen LogP contribution in [0.1, 0.15) is 57.8 Å². The predicted molar refractivity (Wildman–Crippen MR) is 62.7 cm³/mol. The molecule has 82 valence electrons. The van der Waals surface area contributed by atoms with Gasteiger partial charge in [0.05, 0.1) is 0 Å². The summed E-state index contributed by atoms with van der Waals surface area (Å²) in [7, 11) is 0. The summed E-state index contributed by atoms with van der Waals surface area (Å²) in [5.41, 5.74) is 0. The van der Waals surface area contributed by atoms with Crippen LogP contribution in [-0.4, -0.2) is 5.88 Å². The molecule has 0 nitrogen and oxygen atoms in total. The lowest BCUT2D eigenvalue weighted by Crippen LogP contribution is -2.24. The molecule has 0 atom stereocenters. The van der Waals surface area contributed by atoms with Gasteiger partial charge in [0.15, 0.2) is 0 Å². The fourth-order valence-electron chi connectivity index (χ4n) is 3.42. The molecule has 0 saturated heterocycles. The number of halogens is 1. The molecule has 0 radical (unpaired) electrons. The van der Waals surface area contributed by atoms with Crippen molar-refractivity contribution in [1.82, 2.24) is 0 Å². The van der Waals surface area contributed by atoms with E-state index in [0.717, 1.165) is 23.6 Å². The van der Waals surface area contributed by atoms with Crippen LogP contribution in [0.4, 0.5) is 0 Å². The fourth-order valence-corrected chi connectivity index (χ4v) is 3.73. The predicted octanol–water partition coefficient (Wildman–Crippen LogP) is 4.61. The first-order chi connectivity index (χ1) is 6.90. The summed E-state index contributed by atoms with van der Waals surface area (Å²) in [6.45, 7) is 0. The summed E-state index contributed by atoms with van der Waals surface area (Å²) in [4.78, 5) is 0. The summed E-state index contributed by atoms with van der Waals surface area (Å²) in [5, 5.41) is 0. The molecule has 2 fully saturated rings. The highest BCUT2D eigenvalue weighted by Gasteiger charge is 2.27. The van der Waals surface area contributed by atoms with Gasteiger partial charge in [-0.3, -0.25) is 0 Å². The van der Waals surface area contributed by atoms with Crippen molar-refractivity contribution in [3.63, 3.8) is 0 Å². The van der Waals surface area contributed by atoms with Crippen molar-refractivity contribution in [2.75, 3.05) is 5.88 Å². The molecule has 0 heterocycles. The molecule has 0 bridgehead atoms. The van der Waals surface area contributed by atoms with Crippen molar-refractivity contribution in [3.05, 3.63) is 0 Å². The van der Waals surface area contributed by atoms with E-state index in [1.54, 1.807) is 0 Å². The van der Waals surface area contributed by atoms with Crippen LogP contribution in [0, 0.1) is 17.8 Å². The van der Waals surface area contributed by atoms with Gasteiger partial charge < -0.3 is 0 Å². The number of rotatable bonds is 2. The van der Waals surface area contributed by atoms with E-state index < -0.39 is 0 Å². The Morgan fingerprint density at radius 1 is 0.714 bits per heavy atom. The Morgan fingerprint density at radius 3 is 1.86 bits per heavy atom. The summed E-state index contributed by atoms with van der Waals surface area (Å²) in [6.07, 6.45) is 13.3. The van der Waals surface area contributed by atoms with E-state index in [1.807, 2.05) is 0 Å². The number of hydrogen-bond donors (Lipinski definition) is 0. The molecule has 2 rings (SSSR count). The Bertz CT molecular complexity index is 153. The first-order valence-corrected chi connectivity index (χ1v) is 6.99. The van der Waals surface area contributed by atoms with Crippen LogP contribution in [0.15, 0.2) is 0 Å². The highest BCUT2D eigenvalue weighted by Crippen LogP contribution is 2.39. The molecule has 0 aromatic rings. The summed E-state index contributed by atoms with van der Waals surface area (Å²) in [6, 6.07) is 0. The summed E-state index contributed by atoms with van der Waals surface area (Å²) in [5.74, 6) is 3.89. The van der Waals surface area contributed by atoms with Gasteiger partial charge in [-0.15, -0.1) is 11.6 Å². The Kier molecular flexibility index (Phi) is 4.16. The highest BCUT2D eigenvalue weighted by molar-refractivity contribution is 6.18. The molecule has 0 spiro atoms. The third kappa shape index (κ3) is 2.66. The van der Waals surface area contributed by atoms with Gasteiger partial charge in [-0.2, -0.15) is 0 Å². The second-order valence-electron chi connectivity index (χ2n) is 5.33. The Balaban J connectivity index is 1.76. The smallest absolute Gasteiger partial charge is 0.0251 e. The van der Waals surface area contributed by atoms with Crippen LogP contribution in [0.3, 0.4) is 0 Å². The first kappa shape index (κ1) is 10.8. The zero-order valence-electron chi connectivity index (χ0n) is 9.18.